The average molecular weight is 374 g/mol. The molecule has 1 amide bonds. The van der Waals surface area contributed by atoms with E-state index in [4.69, 9.17) is 0 Å². The van der Waals surface area contributed by atoms with Crippen molar-refractivity contribution in [3.8, 4) is 0 Å². The molecule has 0 saturated carbocycles. The van der Waals surface area contributed by atoms with Crippen LogP contribution in [0.15, 0.2) is 29.2 Å². The molecule has 7 nitrogen and oxygen atoms in total. The maximum Gasteiger partial charge on any atom is 0.253 e. The number of hydrogen-bond acceptors (Lipinski definition) is 5. The van der Waals surface area contributed by atoms with Gasteiger partial charge in [0.15, 0.2) is 9.84 Å². The average Bonchev–Trinajstić information content (AvgIpc) is 2.80. The van der Waals surface area contributed by atoms with Crippen molar-refractivity contribution in [2.75, 3.05) is 38.2 Å². The fourth-order valence-corrected chi connectivity index (χ4v) is 4.35. The minimum atomic E-state index is -3.30. The molecule has 0 unspecified atom stereocenters. The first-order valence-electron chi connectivity index (χ1n) is 7.72. The van der Waals surface area contributed by atoms with Crippen LogP contribution in [-0.4, -0.2) is 70.1 Å². The van der Waals surface area contributed by atoms with Crippen LogP contribution in [0.4, 0.5) is 0 Å². The summed E-state index contributed by atoms with van der Waals surface area (Å²) in [5.41, 5.74) is 0.397. The van der Waals surface area contributed by atoms with Crippen LogP contribution >= 0.6 is 0 Å². The minimum Gasteiger partial charge on any atom is -0.337 e. The predicted molar refractivity (Wildman–Crippen MR) is 91.1 cm³/mol. The van der Waals surface area contributed by atoms with Crippen molar-refractivity contribution in [2.24, 2.45) is 0 Å². The lowest BCUT2D eigenvalue weighted by atomic mass is 10.2. The normalized spacial score (nSPS) is 17.5. The molecule has 0 radical (unpaired) electrons. The van der Waals surface area contributed by atoms with E-state index in [2.05, 4.69) is 0 Å². The highest BCUT2D eigenvalue weighted by atomic mass is 32.2. The number of benzene rings is 1. The first-order valence-corrected chi connectivity index (χ1v) is 11.2. The molecule has 0 aromatic heterocycles. The van der Waals surface area contributed by atoms with Crippen LogP contribution in [0.1, 0.15) is 23.7 Å². The van der Waals surface area contributed by atoms with Gasteiger partial charge in [-0.25, -0.2) is 21.1 Å². The Kier molecular flexibility index (Phi) is 5.67. The second-order valence-electron chi connectivity index (χ2n) is 5.74. The van der Waals surface area contributed by atoms with Crippen molar-refractivity contribution in [1.82, 2.24) is 9.21 Å². The van der Waals surface area contributed by atoms with Crippen LogP contribution in [0.5, 0.6) is 0 Å². The molecule has 0 spiro atoms. The Morgan fingerprint density at radius 2 is 1.62 bits per heavy atom. The van der Waals surface area contributed by atoms with E-state index in [1.165, 1.54) is 28.6 Å². The van der Waals surface area contributed by atoms with Gasteiger partial charge in [0.05, 0.1) is 10.6 Å². The van der Waals surface area contributed by atoms with Gasteiger partial charge in [0.25, 0.3) is 5.91 Å². The van der Waals surface area contributed by atoms with Crippen LogP contribution in [0.2, 0.25) is 0 Å². The summed E-state index contributed by atoms with van der Waals surface area (Å²) in [7, 11) is -6.55. The van der Waals surface area contributed by atoms with Gasteiger partial charge >= 0.3 is 0 Å². The maximum atomic E-state index is 12.5. The lowest BCUT2D eigenvalue weighted by Crippen LogP contribution is -2.37. The molecule has 1 saturated heterocycles. The molecule has 0 N–H and O–H groups in total. The van der Waals surface area contributed by atoms with Crippen LogP contribution < -0.4 is 0 Å². The molecule has 1 aliphatic rings. The monoisotopic (exact) mass is 374 g/mol. The van der Waals surface area contributed by atoms with Crippen LogP contribution in [0.25, 0.3) is 0 Å². The highest BCUT2D eigenvalue weighted by Crippen LogP contribution is 2.15. The summed E-state index contributed by atoms with van der Waals surface area (Å²) in [5.74, 6) is -0.167. The van der Waals surface area contributed by atoms with E-state index in [9.17, 15) is 21.6 Å². The number of amides is 1. The molecule has 134 valence electrons. The smallest absolute Gasteiger partial charge is 0.253 e. The van der Waals surface area contributed by atoms with Gasteiger partial charge in [0.2, 0.25) is 10.0 Å². The third kappa shape index (κ3) is 4.34. The number of sulfone groups is 1. The first-order chi connectivity index (χ1) is 11.1. The van der Waals surface area contributed by atoms with Gasteiger partial charge < -0.3 is 4.90 Å². The van der Waals surface area contributed by atoms with Gasteiger partial charge in [-0.1, -0.05) is 0 Å². The van der Waals surface area contributed by atoms with Crippen molar-refractivity contribution < 1.29 is 21.6 Å². The molecule has 0 atom stereocenters. The molecule has 1 fully saturated rings. The van der Waals surface area contributed by atoms with Gasteiger partial charge in [-0.3, -0.25) is 4.79 Å². The van der Waals surface area contributed by atoms with Crippen molar-refractivity contribution >= 4 is 25.8 Å². The van der Waals surface area contributed by atoms with E-state index in [1.54, 1.807) is 11.8 Å². The molecule has 1 aromatic carbocycles. The number of hydrogen-bond donors (Lipinski definition) is 0. The summed E-state index contributed by atoms with van der Waals surface area (Å²) < 4.78 is 48.2. The van der Waals surface area contributed by atoms with Crippen molar-refractivity contribution in [1.29, 1.82) is 0 Å². The molecule has 1 aliphatic heterocycles. The fraction of sp³-hybridized carbons (Fsp3) is 0.533. The SMILES string of the molecule is CCS(=O)(=O)N1CCCN(C(=O)c2ccc(S(C)(=O)=O)cc2)CC1. The van der Waals surface area contributed by atoms with Gasteiger partial charge in [-0.05, 0) is 37.6 Å². The zero-order valence-corrected chi connectivity index (χ0v) is 15.4. The molecular formula is C15H22N2O5S2. The Labute approximate surface area is 143 Å². The Morgan fingerprint density at radius 3 is 2.17 bits per heavy atom. The Morgan fingerprint density at radius 1 is 1.00 bits per heavy atom. The number of carbonyl (C=O) groups excluding carboxylic acids is 1. The summed E-state index contributed by atoms with van der Waals surface area (Å²) in [4.78, 5) is 14.3. The van der Waals surface area contributed by atoms with Gasteiger partial charge in [0.1, 0.15) is 0 Å². The van der Waals surface area contributed by atoms with E-state index in [0.29, 0.717) is 31.6 Å². The topological polar surface area (TPSA) is 91.8 Å². The molecule has 0 bridgehead atoms. The second-order valence-corrected chi connectivity index (χ2v) is 10.0. The zero-order valence-electron chi connectivity index (χ0n) is 13.8. The van der Waals surface area contributed by atoms with Crippen LogP contribution in [0.3, 0.4) is 0 Å². The fourth-order valence-electron chi connectivity index (χ4n) is 2.58. The molecule has 1 aromatic rings. The third-order valence-corrected chi connectivity index (χ3v) is 7.04. The zero-order chi connectivity index (χ0) is 18.0. The maximum absolute atomic E-state index is 12.5. The molecule has 24 heavy (non-hydrogen) atoms. The molecular weight excluding hydrogens is 352 g/mol. The highest BCUT2D eigenvalue weighted by Gasteiger charge is 2.26. The van der Waals surface area contributed by atoms with Gasteiger partial charge in [-0.15, -0.1) is 0 Å². The highest BCUT2D eigenvalue weighted by molar-refractivity contribution is 7.90. The molecule has 1 heterocycles. The van der Waals surface area contributed by atoms with Crippen molar-refractivity contribution in [3.05, 3.63) is 29.8 Å². The van der Waals surface area contributed by atoms with Gasteiger partial charge in [0, 0.05) is 38.0 Å². The molecule has 9 heteroatoms. The van der Waals surface area contributed by atoms with Crippen LogP contribution in [-0.2, 0) is 19.9 Å². The van der Waals surface area contributed by atoms with Crippen molar-refractivity contribution in [3.63, 3.8) is 0 Å². The second kappa shape index (κ2) is 7.20. The largest absolute Gasteiger partial charge is 0.337 e. The van der Waals surface area contributed by atoms with E-state index >= 15 is 0 Å². The number of rotatable bonds is 4. The lowest BCUT2D eigenvalue weighted by molar-refractivity contribution is 0.0764. The number of sulfonamides is 1. The lowest BCUT2D eigenvalue weighted by Gasteiger charge is -2.21. The number of carbonyl (C=O) groups is 1. The Hall–Kier alpha value is -1.45. The Bertz CT molecular complexity index is 801. The van der Waals surface area contributed by atoms with E-state index in [0.717, 1.165) is 6.26 Å². The standard InChI is InChI=1S/C15H22N2O5S2/c1-3-24(21,22)17-10-4-9-16(11-12-17)15(18)13-5-7-14(8-6-13)23(2,19)20/h5-8H,3-4,9-12H2,1-2H3. The summed E-state index contributed by atoms with van der Waals surface area (Å²) >= 11 is 0. The van der Waals surface area contributed by atoms with E-state index < -0.39 is 19.9 Å². The van der Waals surface area contributed by atoms with Gasteiger partial charge in [-0.2, -0.15) is 0 Å². The molecule has 0 aliphatic carbocycles. The summed E-state index contributed by atoms with van der Waals surface area (Å²) in [6, 6.07) is 5.80. The quantitative estimate of drug-likeness (QED) is 0.769. The third-order valence-electron chi connectivity index (χ3n) is 4.03. The Balaban J connectivity index is 2.10. The summed E-state index contributed by atoms with van der Waals surface area (Å²) in [6.45, 7) is 3.09. The number of nitrogens with zero attached hydrogens (tertiary/aromatic N) is 2. The van der Waals surface area contributed by atoms with Crippen LogP contribution in [0, 0.1) is 0 Å². The van der Waals surface area contributed by atoms with E-state index in [-0.39, 0.29) is 23.1 Å². The predicted octanol–water partition coefficient (Wildman–Crippen LogP) is 0.588. The minimum absolute atomic E-state index is 0.0495. The summed E-state index contributed by atoms with van der Waals surface area (Å²) in [5, 5.41) is 0. The van der Waals surface area contributed by atoms with Crippen molar-refractivity contribution in [2.45, 2.75) is 18.2 Å². The first kappa shape index (κ1) is 18.9. The van der Waals surface area contributed by atoms with E-state index in [1.807, 2.05) is 0 Å². The molecule has 2 rings (SSSR count). The summed E-state index contributed by atoms with van der Waals surface area (Å²) in [6.07, 6.45) is 1.69.